The van der Waals surface area contributed by atoms with Gasteiger partial charge in [-0.2, -0.15) is 0 Å². The molecule has 5 rings (SSSR count). The number of aryl methyl sites for hydroxylation is 2. The second-order valence-electron chi connectivity index (χ2n) is 8.74. The Labute approximate surface area is 222 Å². The van der Waals surface area contributed by atoms with Crippen molar-refractivity contribution in [1.29, 1.82) is 0 Å². The first-order chi connectivity index (χ1) is 17.5. The minimum Gasteiger partial charge on any atom is -0.495 e. The number of rotatable bonds is 7. The lowest BCUT2D eigenvalue weighted by molar-refractivity contribution is -0.115. The molecule has 0 spiro atoms. The number of carbonyl (C=O) groups excluding carboxylic acids is 1. The Hall–Kier alpha value is -2.81. The zero-order valence-electron chi connectivity index (χ0n) is 20.0. The number of amides is 1. The number of ether oxygens (including phenoxy) is 1. The van der Waals surface area contributed by atoms with Gasteiger partial charge in [-0.05, 0) is 67.0 Å². The number of hydrogen-bond donors (Lipinski definition) is 2. The summed E-state index contributed by atoms with van der Waals surface area (Å²) in [5.41, 5.74) is 5.06. The molecular weight excluding hydrogens is 514 g/mol. The van der Waals surface area contributed by atoms with E-state index in [9.17, 15) is 9.59 Å². The molecule has 1 aliphatic rings. The summed E-state index contributed by atoms with van der Waals surface area (Å²) < 4.78 is 5.33. The van der Waals surface area contributed by atoms with Crippen LogP contribution < -0.4 is 15.6 Å². The summed E-state index contributed by atoms with van der Waals surface area (Å²) in [5, 5.41) is 5.94. The molecule has 1 unspecified atom stereocenters. The van der Waals surface area contributed by atoms with Crippen LogP contribution in [-0.2, 0) is 17.6 Å². The summed E-state index contributed by atoms with van der Waals surface area (Å²) in [6.07, 6.45) is 5.20. The van der Waals surface area contributed by atoms with Gasteiger partial charge in [0.2, 0.25) is 5.91 Å². The molecule has 0 aliphatic heterocycles. The first-order valence-electron chi connectivity index (χ1n) is 11.9. The van der Waals surface area contributed by atoms with E-state index in [2.05, 4.69) is 28.5 Å². The Bertz CT molecular complexity index is 1500. The van der Waals surface area contributed by atoms with E-state index in [-0.39, 0.29) is 11.5 Å². The van der Waals surface area contributed by atoms with Crippen LogP contribution in [0, 0.1) is 0 Å². The predicted octanol–water partition coefficient (Wildman–Crippen LogP) is 6.70. The highest BCUT2D eigenvalue weighted by Crippen LogP contribution is 2.35. The SMILES string of the molecule is CCC(Sc1nc2scc(-c3ccc4c(c3)CCCC4)c2c(=O)[nH]1)C(=O)Nc1cc(Cl)ccc1OC. The van der Waals surface area contributed by atoms with Crippen LogP contribution in [0.2, 0.25) is 5.02 Å². The maximum absolute atomic E-state index is 13.2. The standard InChI is InChI=1S/C27H26ClN3O3S2/c1-3-22(24(32)29-20-13-18(28)10-11-21(20)34-2)36-27-30-25(33)23-19(14-35-26(23)31-27)17-9-8-15-6-4-5-7-16(15)12-17/h8-14,22H,3-7H2,1-2H3,(H,29,32)(H,30,31,33). The maximum Gasteiger partial charge on any atom is 0.260 e. The van der Waals surface area contributed by atoms with Gasteiger partial charge in [0.1, 0.15) is 10.6 Å². The Balaban J connectivity index is 1.39. The zero-order valence-corrected chi connectivity index (χ0v) is 22.4. The number of aromatic nitrogens is 2. The Morgan fingerprint density at radius 2 is 2.03 bits per heavy atom. The molecule has 1 amide bonds. The number of nitrogens with zero attached hydrogens (tertiary/aromatic N) is 1. The molecule has 0 saturated carbocycles. The maximum atomic E-state index is 13.2. The molecule has 186 valence electrons. The molecule has 0 saturated heterocycles. The van der Waals surface area contributed by atoms with Crippen molar-refractivity contribution in [2.24, 2.45) is 0 Å². The van der Waals surface area contributed by atoms with Crippen molar-refractivity contribution in [3.8, 4) is 16.9 Å². The van der Waals surface area contributed by atoms with Crippen molar-refractivity contribution in [1.82, 2.24) is 9.97 Å². The third-order valence-electron chi connectivity index (χ3n) is 6.42. The molecule has 2 N–H and O–H groups in total. The minimum absolute atomic E-state index is 0.191. The van der Waals surface area contributed by atoms with Crippen molar-refractivity contribution >= 4 is 56.5 Å². The highest BCUT2D eigenvalue weighted by molar-refractivity contribution is 8.00. The highest BCUT2D eigenvalue weighted by Gasteiger charge is 2.22. The number of hydrogen-bond acceptors (Lipinski definition) is 6. The van der Waals surface area contributed by atoms with Crippen LogP contribution in [0.4, 0.5) is 5.69 Å². The topological polar surface area (TPSA) is 84.1 Å². The van der Waals surface area contributed by atoms with Gasteiger partial charge >= 0.3 is 0 Å². The van der Waals surface area contributed by atoms with Gasteiger partial charge in [-0.3, -0.25) is 9.59 Å². The van der Waals surface area contributed by atoms with E-state index in [4.69, 9.17) is 21.3 Å². The van der Waals surface area contributed by atoms with E-state index in [1.165, 1.54) is 54.2 Å². The lowest BCUT2D eigenvalue weighted by Crippen LogP contribution is -2.25. The number of H-pyrrole nitrogens is 1. The third kappa shape index (κ3) is 5.03. The predicted molar refractivity (Wildman–Crippen MR) is 149 cm³/mol. The van der Waals surface area contributed by atoms with Gasteiger partial charge in [0.15, 0.2) is 5.16 Å². The molecule has 4 aromatic rings. The minimum atomic E-state index is -0.464. The lowest BCUT2D eigenvalue weighted by Gasteiger charge is -2.16. The highest BCUT2D eigenvalue weighted by atomic mass is 35.5. The van der Waals surface area contributed by atoms with Crippen LogP contribution in [-0.4, -0.2) is 28.2 Å². The molecular formula is C27H26ClN3O3S2. The molecule has 2 aromatic carbocycles. The molecule has 1 atom stereocenters. The second kappa shape index (κ2) is 10.7. The molecule has 36 heavy (non-hydrogen) atoms. The lowest BCUT2D eigenvalue weighted by atomic mass is 9.89. The van der Waals surface area contributed by atoms with E-state index < -0.39 is 5.25 Å². The van der Waals surface area contributed by atoms with Crippen LogP contribution >= 0.6 is 34.7 Å². The van der Waals surface area contributed by atoms with Gasteiger partial charge in [0.25, 0.3) is 5.56 Å². The van der Waals surface area contributed by atoms with Gasteiger partial charge in [-0.1, -0.05) is 48.5 Å². The summed E-state index contributed by atoms with van der Waals surface area (Å²) in [4.78, 5) is 34.5. The second-order valence-corrected chi connectivity index (χ2v) is 11.2. The van der Waals surface area contributed by atoms with Gasteiger partial charge in [-0.25, -0.2) is 4.98 Å². The molecule has 0 fully saturated rings. The van der Waals surface area contributed by atoms with E-state index in [0.29, 0.717) is 38.3 Å². The number of fused-ring (bicyclic) bond motifs is 2. The molecule has 0 bridgehead atoms. The molecule has 9 heteroatoms. The number of halogens is 1. The Kier molecular flexibility index (Phi) is 7.37. The smallest absolute Gasteiger partial charge is 0.260 e. The van der Waals surface area contributed by atoms with Gasteiger partial charge in [0, 0.05) is 16.0 Å². The van der Waals surface area contributed by atoms with Crippen LogP contribution in [0.15, 0.2) is 51.7 Å². The van der Waals surface area contributed by atoms with Gasteiger partial charge < -0.3 is 15.0 Å². The number of thiophene rings is 1. The van der Waals surface area contributed by atoms with Crippen molar-refractivity contribution in [2.45, 2.75) is 49.4 Å². The Morgan fingerprint density at radius 1 is 1.22 bits per heavy atom. The van der Waals surface area contributed by atoms with Crippen molar-refractivity contribution in [3.05, 3.63) is 68.3 Å². The van der Waals surface area contributed by atoms with Crippen molar-refractivity contribution < 1.29 is 9.53 Å². The number of thioether (sulfide) groups is 1. The van der Waals surface area contributed by atoms with Crippen molar-refractivity contribution in [2.75, 3.05) is 12.4 Å². The number of aromatic amines is 1. The van der Waals surface area contributed by atoms with E-state index >= 15 is 0 Å². The first kappa shape index (κ1) is 24.9. The number of methoxy groups -OCH3 is 1. The van der Waals surface area contributed by atoms with Crippen molar-refractivity contribution in [3.63, 3.8) is 0 Å². The number of nitrogens with one attached hydrogen (secondary N) is 2. The fourth-order valence-corrected chi connectivity index (χ4v) is 6.62. The normalized spacial score (nSPS) is 13.9. The summed E-state index contributed by atoms with van der Waals surface area (Å²) in [5.74, 6) is 0.306. The quantitative estimate of drug-likeness (QED) is 0.201. The number of carbonyl (C=O) groups is 1. The first-order valence-corrected chi connectivity index (χ1v) is 14.0. The summed E-state index contributed by atoms with van der Waals surface area (Å²) in [7, 11) is 1.54. The molecule has 6 nitrogen and oxygen atoms in total. The molecule has 2 aromatic heterocycles. The summed E-state index contributed by atoms with van der Waals surface area (Å²) >= 11 is 8.78. The van der Waals surface area contributed by atoms with Crippen LogP contribution in [0.25, 0.3) is 21.3 Å². The summed E-state index contributed by atoms with van der Waals surface area (Å²) in [6, 6.07) is 11.6. The van der Waals surface area contributed by atoms with Crippen LogP contribution in [0.3, 0.4) is 0 Å². The number of anilines is 1. The van der Waals surface area contributed by atoms with Gasteiger partial charge in [-0.15, -0.1) is 11.3 Å². The van der Waals surface area contributed by atoms with Gasteiger partial charge in [0.05, 0.1) is 23.4 Å². The average Bonchev–Trinajstić information content (AvgIpc) is 3.31. The molecule has 2 heterocycles. The van der Waals surface area contributed by atoms with E-state index in [1.54, 1.807) is 18.2 Å². The monoisotopic (exact) mass is 539 g/mol. The van der Waals surface area contributed by atoms with Crippen LogP contribution in [0.5, 0.6) is 5.75 Å². The summed E-state index contributed by atoms with van der Waals surface area (Å²) in [6.45, 7) is 1.92. The largest absolute Gasteiger partial charge is 0.495 e. The Morgan fingerprint density at radius 3 is 2.81 bits per heavy atom. The van der Waals surface area contributed by atoms with E-state index in [0.717, 1.165) is 24.0 Å². The fraction of sp³-hybridized carbons (Fsp3) is 0.296. The zero-order chi connectivity index (χ0) is 25.2. The number of benzene rings is 2. The fourth-order valence-electron chi connectivity index (χ4n) is 4.55. The third-order valence-corrected chi connectivity index (χ3v) is 8.77. The van der Waals surface area contributed by atoms with E-state index in [1.807, 2.05) is 12.3 Å². The molecule has 1 aliphatic carbocycles. The molecule has 0 radical (unpaired) electrons. The van der Waals surface area contributed by atoms with Crippen LogP contribution in [0.1, 0.15) is 37.3 Å². The average molecular weight is 540 g/mol.